The van der Waals surface area contributed by atoms with E-state index in [4.69, 9.17) is 4.74 Å². The number of aromatic nitrogens is 3. The van der Waals surface area contributed by atoms with Crippen LogP contribution in [0.3, 0.4) is 0 Å². The average molecular weight is 484 g/mol. The Morgan fingerprint density at radius 3 is 2.62 bits per heavy atom. The Morgan fingerprint density at radius 2 is 1.91 bits per heavy atom. The van der Waals surface area contributed by atoms with Crippen LogP contribution in [0, 0.1) is 18.7 Å². The molecule has 2 aliphatic rings. The lowest BCUT2D eigenvalue weighted by molar-refractivity contribution is 0.0148. The van der Waals surface area contributed by atoms with Gasteiger partial charge in [0.1, 0.15) is 17.2 Å². The van der Waals surface area contributed by atoms with Gasteiger partial charge in [-0.2, -0.15) is 0 Å². The molecule has 1 spiro atoms. The highest BCUT2D eigenvalue weighted by molar-refractivity contribution is 5.90. The van der Waals surface area contributed by atoms with E-state index in [0.29, 0.717) is 29.5 Å². The Hall–Kier alpha value is -3.26. The standard InChI is InChI=1S/C25H26FN5O2.ClH/c1-17-22(7-4-14-27-17)31-16-25(33-24(31)32)12-10-18(11-13-25)15-28-23-9-8-21(29-30-23)19-5-2-3-6-20(19)26;/h2-9,14,18H,10-13,15-16H2,1H3,(H,28,30);1H/t18-,25-;. The fourth-order valence-electron chi connectivity index (χ4n) is 4.73. The van der Waals surface area contributed by atoms with Crippen molar-refractivity contribution >= 4 is 30.0 Å². The summed E-state index contributed by atoms with van der Waals surface area (Å²) in [5.41, 5.74) is 2.18. The molecule has 1 N–H and O–H groups in total. The van der Waals surface area contributed by atoms with Gasteiger partial charge in [0.15, 0.2) is 0 Å². The van der Waals surface area contributed by atoms with E-state index in [1.165, 1.54) is 6.07 Å². The van der Waals surface area contributed by atoms with E-state index in [1.807, 2.05) is 25.1 Å². The van der Waals surface area contributed by atoms with Crippen LogP contribution in [0.1, 0.15) is 31.4 Å². The summed E-state index contributed by atoms with van der Waals surface area (Å²) in [5, 5.41) is 11.7. The van der Waals surface area contributed by atoms with Crippen molar-refractivity contribution in [3.63, 3.8) is 0 Å². The summed E-state index contributed by atoms with van der Waals surface area (Å²) in [6.07, 6.45) is 5.03. The number of carbonyl (C=O) groups is 1. The Bertz CT molecular complexity index is 1150. The second-order valence-corrected chi connectivity index (χ2v) is 8.85. The lowest BCUT2D eigenvalue weighted by Crippen LogP contribution is -2.39. The summed E-state index contributed by atoms with van der Waals surface area (Å²) >= 11 is 0. The van der Waals surface area contributed by atoms with Gasteiger partial charge in [-0.05, 0) is 74.9 Å². The first kappa shape index (κ1) is 23.9. The van der Waals surface area contributed by atoms with Crippen LogP contribution in [-0.4, -0.2) is 40.0 Å². The van der Waals surface area contributed by atoms with Crippen molar-refractivity contribution in [1.29, 1.82) is 0 Å². The molecule has 9 heteroatoms. The van der Waals surface area contributed by atoms with Gasteiger partial charge in [0, 0.05) is 18.3 Å². The molecule has 0 atom stereocenters. The van der Waals surface area contributed by atoms with E-state index < -0.39 is 5.60 Å². The van der Waals surface area contributed by atoms with Crippen LogP contribution in [0.15, 0.2) is 54.7 Å². The number of pyridine rings is 1. The van der Waals surface area contributed by atoms with Crippen molar-refractivity contribution in [1.82, 2.24) is 15.2 Å². The Kier molecular flexibility index (Phi) is 6.97. The molecular weight excluding hydrogens is 457 g/mol. The maximum absolute atomic E-state index is 13.9. The highest BCUT2D eigenvalue weighted by atomic mass is 35.5. The highest BCUT2D eigenvalue weighted by Crippen LogP contribution is 2.41. The number of rotatable bonds is 5. The largest absolute Gasteiger partial charge is 0.441 e. The third-order valence-electron chi connectivity index (χ3n) is 6.64. The highest BCUT2D eigenvalue weighted by Gasteiger charge is 2.47. The van der Waals surface area contributed by atoms with Crippen LogP contribution < -0.4 is 10.2 Å². The van der Waals surface area contributed by atoms with Gasteiger partial charge >= 0.3 is 6.09 Å². The van der Waals surface area contributed by atoms with Crippen molar-refractivity contribution in [2.75, 3.05) is 23.3 Å². The number of anilines is 2. The minimum absolute atomic E-state index is 0. The van der Waals surface area contributed by atoms with Crippen molar-refractivity contribution < 1.29 is 13.9 Å². The van der Waals surface area contributed by atoms with Crippen LogP contribution in [0.4, 0.5) is 20.7 Å². The molecule has 0 radical (unpaired) electrons. The molecule has 1 saturated carbocycles. The van der Waals surface area contributed by atoms with Gasteiger partial charge in [0.05, 0.1) is 23.6 Å². The molecule has 1 aliphatic heterocycles. The average Bonchev–Trinajstić information content (AvgIpc) is 3.15. The van der Waals surface area contributed by atoms with Gasteiger partial charge in [0.2, 0.25) is 0 Å². The monoisotopic (exact) mass is 483 g/mol. The van der Waals surface area contributed by atoms with E-state index in [2.05, 4.69) is 20.5 Å². The lowest BCUT2D eigenvalue weighted by Gasteiger charge is -2.35. The first-order valence-corrected chi connectivity index (χ1v) is 11.3. The Balaban J connectivity index is 0.00000274. The number of carbonyl (C=O) groups excluding carboxylic acids is 1. The number of amides is 1. The van der Waals surface area contributed by atoms with Gasteiger partial charge in [-0.25, -0.2) is 9.18 Å². The zero-order chi connectivity index (χ0) is 22.8. The van der Waals surface area contributed by atoms with E-state index in [0.717, 1.165) is 43.6 Å². The van der Waals surface area contributed by atoms with Crippen LogP contribution in [0.2, 0.25) is 0 Å². The summed E-state index contributed by atoms with van der Waals surface area (Å²) in [4.78, 5) is 18.6. The molecule has 7 nitrogen and oxygen atoms in total. The number of hydrogen-bond acceptors (Lipinski definition) is 6. The third kappa shape index (κ3) is 4.82. The quantitative estimate of drug-likeness (QED) is 0.523. The smallest absolute Gasteiger partial charge is 0.415 e. The first-order chi connectivity index (χ1) is 16.0. The summed E-state index contributed by atoms with van der Waals surface area (Å²) in [6, 6.07) is 13.9. The predicted octanol–water partition coefficient (Wildman–Crippen LogP) is 5.41. The topological polar surface area (TPSA) is 80.2 Å². The molecular formula is C25H27ClFN5O2. The number of nitrogens with one attached hydrogen (secondary N) is 1. The first-order valence-electron chi connectivity index (χ1n) is 11.3. The number of hydrogen-bond donors (Lipinski definition) is 1. The minimum Gasteiger partial charge on any atom is -0.441 e. The maximum atomic E-state index is 13.9. The molecule has 5 rings (SSSR count). The van der Waals surface area contributed by atoms with Crippen LogP contribution in [-0.2, 0) is 4.74 Å². The van der Waals surface area contributed by atoms with Gasteiger partial charge in [-0.15, -0.1) is 22.6 Å². The summed E-state index contributed by atoms with van der Waals surface area (Å²) in [7, 11) is 0. The summed E-state index contributed by atoms with van der Waals surface area (Å²) < 4.78 is 19.8. The molecule has 34 heavy (non-hydrogen) atoms. The molecule has 0 unspecified atom stereocenters. The molecule has 2 fully saturated rings. The van der Waals surface area contributed by atoms with E-state index in [-0.39, 0.29) is 24.3 Å². The second-order valence-electron chi connectivity index (χ2n) is 8.85. The summed E-state index contributed by atoms with van der Waals surface area (Å²) in [5.74, 6) is 0.811. The van der Waals surface area contributed by atoms with Gasteiger partial charge < -0.3 is 10.1 Å². The SMILES string of the molecule is Cc1ncccc1N1C[C@]2(CC[C@@H](CNc3ccc(-c4ccccc4F)nn3)CC2)OC1=O.Cl. The molecule has 1 amide bonds. The molecule has 0 bridgehead atoms. The Labute approximate surface area is 204 Å². The van der Waals surface area contributed by atoms with E-state index in [9.17, 15) is 9.18 Å². The van der Waals surface area contributed by atoms with Gasteiger partial charge in [-0.1, -0.05) is 12.1 Å². The number of nitrogens with zero attached hydrogens (tertiary/aromatic N) is 4. The normalized spacial score (nSPS) is 21.8. The van der Waals surface area contributed by atoms with Crippen molar-refractivity contribution in [3.8, 4) is 11.3 Å². The van der Waals surface area contributed by atoms with Crippen molar-refractivity contribution in [3.05, 3.63) is 66.2 Å². The van der Waals surface area contributed by atoms with Crippen molar-refractivity contribution in [2.45, 2.75) is 38.2 Å². The predicted molar refractivity (Wildman–Crippen MR) is 131 cm³/mol. The van der Waals surface area contributed by atoms with Gasteiger partial charge in [0.25, 0.3) is 0 Å². The fraction of sp³-hybridized carbons (Fsp3) is 0.360. The molecule has 1 aromatic carbocycles. The van der Waals surface area contributed by atoms with Crippen LogP contribution in [0.5, 0.6) is 0 Å². The number of halogens is 2. The minimum atomic E-state index is -0.420. The number of ether oxygens (including phenoxy) is 1. The zero-order valence-corrected chi connectivity index (χ0v) is 19.7. The second kappa shape index (κ2) is 9.93. The molecule has 178 valence electrons. The van der Waals surface area contributed by atoms with E-state index >= 15 is 0 Å². The molecule has 1 aliphatic carbocycles. The maximum Gasteiger partial charge on any atom is 0.415 e. The molecule has 3 heterocycles. The fourth-order valence-corrected chi connectivity index (χ4v) is 4.73. The molecule has 1 saturated heterocycles. The van der Waals surface area contributed by atoms with E-state index in [1.54, 1.807) is 35.4 Å². The van der Waals surface area contributed by atoms with Crippen molar-refractivity contribution in [2.24, 2.45) is 5.92 Å². The molecule has 3 aromatic rings. The molecule has 2 aromatic heterocycles. The zero-order valence-electron chi connectivity index (χ0n) is 18.9. The lowest BCUT2D eigenvalue weighted by atomic mass is 9.78. The van der Waals surface area contributed by atoms with Crippen LogP contribution in [0.25, 0.3) is 11.3 Å². The Morgan fingerprint density at radius 1 is 1.12 bits per heavy atom. The third-order valence-corrected chi connectivity index (χ3v) is 6.64. The number of aryl methyl sites for hydroxylation is 1. The van der Waals surface area contributed by atoms with Gasteiger partial charge in [-0.3, -0.25) is 9.88 Å². The summed E-state index contributed by atoms with van der Waals surface area (Å²) in [6.45, 7) is 3.24. The van der Waals surface area contributed by atoms with Crippen LogP contribution >= 0.6 is 12.4 Å². The number of benzene rings is 1.